The van der Waals surface area contributed by atoms with E-state index in [1.165, 1.54) is 0 Å². The number of aliphatic carboxylic acids is 1. The average molecular weight is 253 g/mol. The van der Waals surface area contributed by atoms with Crippen molar-refractivity contribution in [2.45, 2.75) is 6.42 Å². The Morgan fingerprint density at radius 1 is 1.16 bits per heavy atom. The third kappa shape index (κ3) is 2.20. The SMILES string of the molecule is O=C(O)Cc1cccc(-c2onc3ccccc23)c1. The number of aromatic nitrogens is 1. The predicted molar refractivity (Wildman–Crippen MR) is 70.8 cm³/mol. The van der Waals surface area contributed by atoms with E-state index < -0.39 is 5.97 Å². The number of rotatable bonds is 3. The number of carboxylic acid groups (broad SMARTS) is 1. The van der Waals surface area contributed by atoms with Gasteiger partial charge in [-0.15, -0.1) is 0 Å². The highest BCUT2D eigenvalue weighted by Crippen LogP contribution is 2.28. The lowest BCUT2D eigenvalue weighted by Gasteiger charge is -2.00. The Morgan fingerprint density at radius 2 is 2.00 bits per heavy atom. The van der Waals surface area contributed by atoms with Crippen molar-refractivity contribution >= 4 is 16.9 Å². The molecular weight excluding hydrogens is 242 g/mol. The molecule has 19 heavy (non-hydrogen) atoms. The lowest BCUT2D eigenvalue weighted by Crippen LogP contribution is -1.99. The highest BCUT2D eigenvalue weighted by atomic mass is 16.5. The van der Waals surface area contributed by atoms with Crippen LogP contribution < -0.4 is 0 Å². The zero-order chi connectivity index (χ0) is 13.2. The van der Waals surface area contributed by atoms with Crippen LogP contribution in [0.15, 0.2) is 53.1 Å². The molecule has 3 rings (SSSR count). The van der Waals surface area contributed by atoms with Gasteiger partial charge in [0, 0.05) is 10.9 Å². The lowest BCUT2D eigenvalue weighted by atomic mass is 10.0. The van der Waals surface area contributed by atoms with Crippen molar-refractivity contribution in [2.24, 2.45) is 0 Å². The molecule has 1 heterocycles. The fourth-order valence-corrected chi connectivity index (χ4v) is 2.09. The Labute approximate surface area is 109 Å². The van der Waals surface area contributed by atoms with E-state index in [2.05, 4.69) is 5.16 Å². The molecule has 0 atom stereocenters. The topological polar surface area (TPSA) is 63.3 Å². The maximum Gasteiger partial charge on any atom is 0.307 e. The van der Waals surface area contributed by atoms with Gasteiger partial charge in [0.2, 0.25) is 0 Å². The van der Waals surface area contributed by atoms with Crippen LogP contribution in [-0.4, -0.2) is 16.2 Å². The molecule has 0 saturated heterocycles. The summed E-state index contributed by atoms with van der Waals surface area (Å²) in [4.78, 5) is 10.7. The van der Waals surface area contributed by atoms with E-state index in [9.17, 15) is 4.79 Å². The van der Waals surface area contributed by atoms with Crippen LogP contribution in [0.2, 0.25) is 0 Å². The third-order valence-corrected chi connectivity index (χ3v) is 2.93. The summed E-state index contributed by atoms with van der Waals surface area (Å²) < 4.78 is 5.36. The number of hydrogen-bond acceptors (Lipinski definition) is 3. The largest absolute Gasteiger partial charge is 0.481 e. The standard InChI is InChI=1S/C15H11NO3/c17-14(18)9-10-4-3-5-11(8-10)15-12-6-1-2-7-13(12)16-19-15/h1-8H,9H2,(H,17,18). The molecule has 0 aliphatic carbocycles. The van der Waals surface area contributed by atoms with Crippen molar-refractivity contribution < 1.29 is 14.4 Å². The summed E-state index contributed by atoms with van der Waals surface area (Å²) in [6, 6.07) is 15.0. The molecule has 0 aliphatic rings. The number of nitrogens with zero attached hydrogens (tertiary/aromatic N) is 1. The van der Waals surface area contributed by atoms with Gasteiger partial charge in [0.15, 0.2) is 5.76 Å². The predicted octanol–water partition coefficient (Wildman–Crippen LogP) is 3.12. The van der Waals surface area contributed by atoms with Crippen LogP contribution in [0.25, 0.3) is 22.2 Å². The number of fused-ring (bicyclic) bond motifs is 1. The monoisotopic (exact) mass is 253 g/mol. The molecule has 94 valence electrons. The molecule has 3 aromatic rings. The van der Waals surface area contributed by atoms with Crippen LogP contribution in [0.4, 0.5) is 0 Å². The van der Waals surface area contributed by atoms with E-state index in [4.69, 9.17) is 9.63 Å². The van der Waals surface area contributed by atoms with Crippen molar-refractivity contribution in [3.05, 3.63) is 54.1 Å². The van der Waals surface area contributed by atoms with Crippen LogP contribution in [0.3, 0.4) is 0 Å². The number of benzene rings is 2. The minimum Gasteiger partial charge on any atom is -0.481 e. The van der Waals surface area contributed by atoms with E-state index in [1.54, 1.807) is 6.07 Å². The van der Waals surface area contributed by atoms with Crippen LogP contribution >= 0.6 is 0 Å². The average Bonchev–Trinajstić information content (AvgIpc) is 2.82. The van der Waals surface area contributed by atoms with Gasteiger partial charge in [-0.25, -0.2) is 0 Å². The maximum absolute atomic E-state index is 10.7. The summed E-state index contributed by atoms with van der Waals surface area (Å²) in [5.74, 6) is -0.178. The van der Waals surface area contributed by atoms with Gasteiger partial charge in [-0.2, -0.15) is 0 Å². The molecule has 0 radical (unpaired) electrons. The lowest BCUT2D eigenvalue weighted by molar-refractivity contribution is -0.136. The second-order valence-corrected chi connectivity index (χ2v) is 4.30. The molecular formula is C15H11NO3. The molecule has 0 aliphatic heterocycles. The van der Waals surface area contributed by atoms with E-state index >= 15 is 0 Å². The summed E-state index contributed by atoms with van der Waals surface area (Å²) in [7, 11) is 0. The van der Waals surface area contributed by atoms with Crippen LogP contribution in [0, 0.1) is 0 Å². The minimum atomic E-state index is -0.848. The Bertz CT molecular complexity index is 746. The van der Waals surface area contributed by atoms with Gasteiger partial charge in [0.25, 0.3) is 0 Å². The zero-order valence-electron chi connectivity index (χ0n) is 10.0. The van der Waals surface area contributed by atoms with Crippen LogP contribution in [-0.2, 0) is 11.2 Å². The Hall–Kier alpha value is -2.62. The molecule has 0 unspecified atom stereocenters. The summed E-state index contributed by atoms with van der Waals surface area (Å²) in [6.07, 6.45) is -0.0000896. The summed E-state index contributed by atoms with van der Waals surface area (Å²) in [5, 5.41) is 13.7. The molecule has 1 aromatic heterocycles. The number of hydrogen-bond donors (Lipinski definition) is 1. The van der Waals surface area contributed by atoms with Crippen LogP contribution in [0.5, 0.6) is 0 Å². The Kier molecular flexibility index (Phi) is 2.76. The highest BCUT2D eigenvalue weighted by molar-refractivity contribution is 5.91. The van der Waals surface area contributed by atoms with Crippen molar-refractivity contribution in [3.63, 3.8) is 0 Å². The normalized spacial score (nSPS) is 10.7. The van der Waals surface area contributed by atoms with Crippen LogP contribution in [0.1, 0.15) is 5.56 Å². The van der Waals surface area contributed by atoms with Crippen molar-refractivity contribution in [3.8, 4) is 11.3 Å². The molecule has 0 saturated carbocycles. The number of carboxylic acids is 1. The van der Waals surface area contributed by atoms with E-state index in [-0.39, 0.29) is 6.42 Å². The molecule has 1 N–H and O–H groups in total. The second kappa shape index (κ2) is 4.57. The number of carbonyl (C=O) groups is 1. The Morgan fingerprint density at radius 3 is 2.84 bits per heavy atom. The van der Waals surface area contributed by atoms with Crippen molar-refractivity contribution in [1.82, 2.24) is 5.16 Å². The fraction of sp³-hybridized carbons (Fsp3) is 0.0667. The molecule has 0 fully saturated rings. The van der Waals surface area contributed by atoms with E-state index in [0.29, 0.717) is 5.76 Å². The summed E-state index contributed by atoms with van der Waals surface area (Å²) in [5.41, 5.74) is 2.37. The molecule has 4 heteroatoms. The Balaban J connectivity index is 2.09. The first-order chi connectivity index (χ1) is 9.24. The summed E-state index contributed by atoms with van der Waals surface area (Å²) in [6.45, 7) is 0. The molecule has 4 nitrogen and oxygen atoms in total. The molecule has 0 spiro atoms. The van der Waals surface area contributed by atoms with Crippen molar-refractivity contribution in [1.29, 1.82) is 0 Å². The van der Waals surface area contributed by atoms with Gasteiger partial charge in [-0.3, -0.25) is 4.79 Å². The van der Waals surface area contributed by atoms with Crippen molar-refractivity contribution in [2.75, 3.05) is 0 Å². The van der Waals surface area contributed by atoms with Gasteiger partial charge in [-0.05, 0) is 23.8 Å². The first-order valence-electron chi connectivity index (χ1n) is 5.89. The zero-order valence-corrected chi connectivity index (χ0v) is 10.0. The minimum absolute atomic E-state index is 0.0000896. The van der Waals surface area contributed by atoms with Gasteiger partial charge in [0.05, 0.1) is 6.42 Å². The molecule has 0 bridgehead atoms. The molecule has 0 amide bonds. The third-order valence-electron chi connectivity index (χ3n) is 2.93. The van der Waals surface area contributed by atoms with Gasteiger partial charge >= 0.3 is 5.97 Å². The van der Waals surface area contributed by atoms with Gasteiger partial charge in [0.1, 0.15) is 5.52 Å². The quantitative estimate of drug-likeness (QED) is 0.778. The highest BCUT2D eigenvalue weighted by Gasteiger charge is 2.11. The van der Waals surface area contributed by atoms with E-state index in [1.807, 2.05) is 42.5 Å². The fourth-order valence-electron chi connectivity index (χ4n) is 2.09. The van der Waals surface area contributed by atoms with E-state index in [0.717, 1.165) is 22.0 Å². The van der Waals surface area contributed by atoms with Gasteiger partial charge < -0.3 is 9.63 Å². The second-order valence-electron chi connectivity index (χ2n) is 4.30. The smallest absolute Gasteiger partial charge is 0.307 e. The maximum atomic E-state index is 10.7. The summed E-state index contributed by atoms with van der Waals surface area (Å²) >= 11 is 0. The first-order valence-corrected chi connectivity index (χ1v) is 5.89. The first kappa shape index (κ1) is 11.5. The molecule has 2 aromatic carbocycles. The van der Waals surface area contributed by atoms with Gasteiger partial charge in [-0.1, -0.05) is 35.5 Å².